The molecule has 0 atom stereocenters. The predicted octanol–water partition coefficient (Wildman–Crippen LogP) is 4.38. The maximum atomic E-state index is 13.0. The number of esters is 1. The second-order valence-electron chi connectivity index (χ2n) is 8.21. The number of amides is 1. The van der Waals surface area contributed by atoms with E-state index in [0.717, 1.165) is 29.5 Å². The van der Waals surface area contributed by atoms with Crippen molar-refractivity contribution in [2.45, 2.75) is 58.4 Å². The molecule has 2 aromatic carbocycles. The minimum Gasteiger partial charge on any atom is -0.465 e. The fourth-order valence-corrected chi connectivity index (χ4v) is 6.41. The first-order valence-corrected chi connectivity index (χ1v) is 14.5. The Morgan fingerprint density at radius 2 is 1.72 bits per heavy atom. The van der Waals surface area contributed by atoms with Crippen LogP contribution in [0, 0.1) is 0 Å². The summed E-state index contributed by atoms with van der Waals surface area (Å²) in [5.41, 5.74) is 2.26. The maximum Gasteiger partial charge on any atom is 0.326 e. The summed E-state index contributed by atoms with van der Waals surface area (Å²) in [5.74, 6) is -0.927. The maximum absolute atomic E-state index is 13.0. The average molecular weight is 532 g/mol. The summed E-state index contributed by atoms with van der Waals surface area (Å²) in [6.07, 6.45) is 3.13. The Balaban J connectivity index is 2.00. The van der Waals surface area contributed by atoms with Crippen LogP contribution in [0.15, 0.2) is 52.4 Å². The Hall–Kier alpha value is -2.82. The molecule has 0 aliphatic rings. The number of fused-ring (bicyclic) bond motifs is 1. The Kier molecular flexibility index (Phi) is 9.58. The monoisotopic (exact) mass is 531 g/mol. The van der Waals surface area contributed by atoms with E-state index in [9.17, 15) is 18.0 Å². The molecule has 194 valence electrons. The van der Waals surface area contributed by atoms with Crippen molar-refractivity contribution in [3.05, 3.63) is 58.4 Å². The van der Waals surface area contributed by atoms with Crippen molar-refractivity contribution in [3.8, 4) is 0 Å². The van der Waals surface area contributed by atoms with Gasteiger partial charge in [0.1, 0.15) is 6.54 Å². The first-order chi connectivity index (χ1) is 17.2. The van der Waals surface area contributed by atoms with Crippen molar-refractivity contribution in [2.24, 2.45) is 4.99 Å². The second kappa shape index (κ2) is 12.4. The van der Waals surface area contributed by atoms with Gasteiger partial charge in [-0.2, -0.15) is 9.30 Å². The zero-order chi connectivity index (χ0) is 26.3. The van der Waals surface area contributed by atoms with Crippen molar-refractivity contribution in [2.75, 3.05) is 19.7 Å². The van der Waals surface area contributed by atoms with Gasteiger partial charge in [-0.3, -0.25) is 9.59 Å². The minimum absolute atomic E-state index is 0.0602. The summed E-state index contributed by atoms with van der Waals surface area (Å²) >= 11 is 1.34. The summed E-state index contributed by atoms with van der Waals surface area (Å²) in [6.45, 7) is 8.37. The zero-order valence-corrected chi connectivity index (χ0v) is 22.8. The molecule has 0 saturated carbocycles. The lowest BCUT2D eigenvalue weighted by molar-refractivity contribution is -0.143. The molecule has 3 aromatic rings. The minimum atomic E-state index is -3.62. The van der Waals surface area contributed by atoms with E-state index >= 15 is 0 Å². The molecule has 1 heterocycles. The van der Waals surface area contributed by atoms with Gasteiger partial charge in [0.2, 0.25) is 10.0 Å². The van der Waals surface area contributed by atoms with Gasteiger partial charge in [0.15, 0.2) is 4.80 Å². The van der Waals surface area contributed by atoms with E-state index in [1.807, 2.05) is 12.1 Å². The molecular weight excluding hydrogens is 498 g/mol. The number of sulfonamides is 1. The number of hydrogen-bond acceptors (Lipinski definition) is 6. The first kappa shape index (κ1) is 27.8. The van der Waals surface area contributed by atoms with Crippen LogP contribution in [0.5, 0.6) is 0 Å². The van der Waals surface area contributed by atoms with Gasteiger partial charge < -0.3 is 9.30 Å². The number of thiazole rings is 1. The van der Waals surface area contributed by atoms with Gasteiger partial charge in [-0.15, -0.1) is 0 Å². The Morgan fingerprint density at radius 1 is 1.03 bits per heavy atom. The third-order valence-corrected chi connectivity index (χ3v) is 8.91. The highest BCUT2D eigenvalue weighted by molar-refractivity contribution is 7.89. The topological polar surface area (TPSA) is 98.0 Å². The molecule has 1 amide bonds. The van der Waals surface area contributed by atoms with Crippen LogP contribution < -0.4 is 4.80 Å². The van der Waals surface area contributed by atoms with Crippen molar-refractivity contribution in [3.63, 3.8) is 0 Å². The molecule has 8 nitrogen and oxygen atoms in total. The first-order valence-electron chi connectivity index (χ1n) is 12.2. The van der Waals surface area contributed by atoms with Crippen LogP contribution in [-0.4, -0.2) is 48.9 Å². The number of carbonyl (C=O) groups excluding carboxylic acids is 2. The van der Waals surface area contributed by atoms with Gasteiger partial charge >= 0.3 is 5.97 Å². The van der Waals surface area contributed by atoms with Gasteiger partial charge in [-0.25, -0.2) is 8.42 Å². The van der Waals surface area contributed by atoms with Crippen LogP contribution in [0.2, 0.25) is 0 Å². The summed E-state index contributed by atoms with van der Waals surface area (Å²) in [7, 11) is -3.62. The standard InChI is InChI=1S/C26H33N3O5S2/c1-5-9-10-19-11-16-22-23(17-19)35-26(29(22)18-24(30)34-8-4)27-25(31)20-12-14-21(15-13-20)36(32,33)28(6-2)7-3/h11-17H,5-10,18H2,1-4H3. The molecule has 1 aromatic heterocycles. The lowest BCUT2D eigenvalue weighted by Crippen LogP contribution is -2.30. The van der Waals surface area contributed by atoms with E-state index in [1.54, 1.807) is 25.3 Å². The van der Waals surface area contributed by atoms with E-state index in [1.165, 1.54) is 45.5 Å². The molecule has 36 heavy (non-hydrogen) atoms. The highest BCUT2D eigenvalue weighted by Gasteiger charge is 2.22. The van der Waals surface area contributed by atoms with Crippen LogP contribution in [-0.2, 0) is 32.5 Å². The highest BCUT2D eigenvalue weighted by atomic mass is 32.2. The average Bonchev–Trinajstić information content (AvgIpc) is 3.19. The molecular formula is C26H33N3O5S2. The highest BCUT2D eigenvalue weighted by Crippen LogP contribution is 2.21. The quantitative estimate of drug-likeness (QED) is 0.342. The number of unbranched alkanes of at least 4 members (excludes halogenated alkanes) is 1. The number of aryl methyl sites for hydroxylation is 1. The van der Waals surface area contributed by atoms with Gasteiger partial charge in [0.05, 0.1) is 21.7 Å². The molecule has 3 rings (SSSR count). The van der Waals surface area contributed by atoms with Gasteiger partial charge in [-0.05, 0) is 61.7 Å². The molecule has 0 spiro atoms. The largest absolute Gasteiger partial charge is 0.465 e. The van der Waals surface area contributed by atoms with Crippen molar-refractivity contribution >= 4 is 43.5 Å². The fourth-order valence-electron chi connectivity index (χ4n) is 3.86. The Bertz CT molecular complexity index is 1390. The number of aromatic nitrogens is 1. The normalized spacial score (nSPS) is 12.4. The molecule has 0 N–H and O–H groups in total. The number of carbonyl (C=O) groups is 2. The van der Waals surface area contributed by atoms with Crippen LogP contribution in [0.4, 0.5) is 0 Å². The van der Waals surface area contributed by atoms with E-state index in [0.29, 0.717) is 17.9 Å². The molecule has 10 heteroatoms. The molecule has 0 fully saturated rings. The van der Waals surface area contributed by atoms with E-state index in [-0.39, 0.29) is 23.6 Å². The SMILES string of the molecule is CCCCc1ccc2c(c1)sc(=NC(=O)c1ccc(S(=O)(=O)N(CC)CC)cc1)n2CC(=O)OCC. The lowest BCUT2D eigenvalue weighted by Gasteiger charge is -2.18. The van der Waals surface area contributed by atoms with Crippen LogP contribution in [0.1, 0.15) is 56.5 Å². The van der Waals surface area contributed by atoms with Gasteiger partial charge in [0.25, 0.3) is 5.91 Å². The van der Waals surface area contributed by atoms with Crippen molar-refractivity contribution < 1.29 is 22.7 Å². The number of nitrogens with zero attached hydrogens (tertiary/aromatic N) is 3. The summed E-state index contributed by atoms with van der Waals surface area (Å²) in [6, 6.07) is 11.8. The van der Waals surface area contributed by atoms with E-state index in [2.05, 4.69) is 18.0 Å². The third-order valence-electron chi connectivity index (χ3n) is 5.80. The Morgan fingerprint density at radius 3 is 2.33 bits per heavy atom. The Labute approximate surface area is 216 Å². The molecule has 0 aliphatic carbocycles. The summed E-state index contributed by atoms with van der Waals surface area (Å²) in [4.78, 5) is 30.1. The second-order valence-corrected chi connectivity index (χ2v) is 11.2. The van der Waals surface area contributed by atoms with Gasteiger partial charge in [-0.1, -0.05) is 44.6 Å². The van der Waals surface area contributed by atoms with Gasteiger partial charge in [0, 0.05) is 18.7 Å². The van der Waals surface area contributed by atoms with Crippen molar-refractivity contribution in [1.29, 1.82) is 0 Å². The molecule has 0 saturated heterocycles. The zero-order valence-electron chi connectivity index (χ0n) is 21.2. The van der Waals surface area contributed by atoms with E-state index < -0.39 is 21.9 Å². The summed E-state index contributed by atoms with van der Waals surface area (Å²) < 4.78 is 34.6. The van der Waals surface area contributed by atoms with Crippen LogP contribution in [0.3, 0.4) is 0 Å². The molecule has 0 unspecified atom stereocenters. The number of ether oxygens (including phenoxy) is 1. The van der Waals surface area contributed by atoms with Crippen molar-refractivity contribution in [1.82, 2.24) is 8.87 Å². The summed E-state index contributed by atoms with van der Waals surface area (Å²) in [5, 5.41) is 0. The predicted molar refractivity (Wildman–Crippen MR) is 142 cm³/mol. The molecule has 0 radical (unpaired) electrons. The number of benzene rings is 2. The van der Waals surface area contributed by atoms with Crippen LogP contribution >= 0.6 is 11.3 Å². The number of rotatable bonds is 11. The van der Waals surface area contributed by atoms with E-state index in [4.69, 9.17) is 4.74 Å². The van der Waals surface area contributed by atoms with Crippen LogP contribution in [0.25, 0.3) is 10.2 Å². The smallest absolute Gasteiger partial charge is 0.326 e. The third kappa shape index (κ3) is 6.29. The number of hydrogen-bond donors (Lipinski definition) is 0. The molecule has 0 aliphatic heterocycles. The lowest BCUT2D eigenvalue weighted by atomic mass is 10.1. The molecule has 0 bridgehead atoms. The fraction of sp³-hybridized carbons (Fsp3) is 0.423.